The lowest BCUT2D eigenvalue weighted by Gasteiger charge is -2.02. The summed E-state index contributed by atoms with van der Waals surface area (Å²) < 4.78 is 0.719. The molecule has 0 bridgehead atoms. The molecule has 0 radical (unpaired) electrons. The van der Waals surface area contributed by atoms with E-state index >= 15 is 0 Å². The Kier molecular flexibility index (Phi) is 3.93. The highest BCUT2D eigenvalue weighted by atomic mass is 79.9. The molecule has 0 aromatic heterocycles. The minimum absolute atomic E-state index is 0.0136. The van der Waals surface area contributed by atoms with Gasteiger partial charge in [-0.05, 0) is 18.2 Å². The van der Waals surface area contributed by atoms with Crippen molar-refractivity contribution in [3.05, 3.63) is 28.2 Å². The molecule has 0 amide bonds. The number of alkyl halides is 1. The Balaban J connectivity index is 2.99. The molecule has 13 heavy (non-hydrogen) atoms. The molecular weight excluding hydrogens is 300 g/mol. The van der Waals surface area contributed by atoms with Crippen molar-refractivity contribution >= 4 is 37.6 Å². The molecule has 0 aliphatic carbocycles. The zero-order valence-electron chi connectivity index (χ0n) is 6.76. The van der Waals surface area contributed by atoms with Gasteiger partial charge in [-0.1, -0.05) is 31.9 Å². The first-order chi connectivity index (χ1) is 6.15. The smallest absolute Gasteiger partial charge is 0.164 e. The van der Waals surface area contributed by atoms with E-state index in [2.05, 4.69) is 31.9 Å². The molecule has 1 N–H and O–H groups in total. The second kappa shape index (κ2) is 4.77. The quantitative estimate of drug-likeness (QED) is 0.688. The van der Waals surface area contributed by atoms with Crippen LogP contribution in [0.4, 0.5) is 0 Å². The van der Waals surface area contributed by atoms with Crippen LogP contribution in [0.25, 0.3) is 0 Å². The molecular formula is C9H8Br2O2. The van der Waals surface area contributed by atoms with Crippen molar-refractivity contribution in [3.63, 3.8) is 0 Å². The fourth-order valence-electron chi connectivity index (χ4n) is 0.947. The second-order valence-electron chi connectivity index (χ2n) is 2.53. The number of aromatic hydroxyl groups is 1. The topological polar surface area (TPSA) is 37.3 Å². The summed E-state index contributed by atoms with van der Waals surface area (Å²) in [5, 5.41) is 9.80. The third kappa shape index (κ3) is 2.81. The summed E-state index contributed by atoms with van der Waals surface area (Å²) >= 11 is 6.45. The number of carbonyl (C=O) groups excluding carboxylic acids is 1. The van der Waals surface area contributed by atoms with Crippen LogP contribution in [0.1, 0.15) is 16.8 Å². The third-order valence-electron chi connectivity index (χ3n) is 1.57. The average Bonchev–Trinajstić information content (AvgIpc) is 2.09. The Bertz CT molecular complexity index is 323. The molecule has 0 aliphatic rings. The minimum atomic E-state index is 0.0136. The molecule has 70 valence electrons. The highest BCUT2D eigenvalue weighted by Crippen LogP contribution is 2.23. The van der Waals surface area contributed by atoms with E-state index in [1.807, 2.05) is 0 Å². The number of phenols is 1. The Morgan fingerprint density at radius 2 is 2.15 bits per heavy atom. The summed E-state index contributed by atoms with van der Waals surface area (Å²) in [6, 6.07) is 4.67. The van der Waals surface area contributed by atoms with Crippen molar-refractivity contribution in [3.8, 4) is 5.75 Å². The molecule has 1 aromatic rings. The molecule has 0 aliphatic heterocycles. The summed E-state index contributed by atoms with van der Waals surface area (Å²) in [6.07, 6.45) is 0.433. The molecule has 0 atom stereocenters. The molecule has 0 saturated heterocycles. The van der Waals surface area contributed by atoms with Crippen molar-refractivity contribution in [2.45, 2.75) is 6.42 Å². The predicted octanol–water partition coefficient (Wildman–Crippen LogP) is 3.12. The molecule has 0 heterocycles. The lowest BCUT2D eigenvalue weighted by molar-refractivity contribution is 0.0988. The van der Waals surface area contributed by atoms with Crippen LogP contribution in [0.3, 0.4) is 0 Å². The van der Waals surface area contributed by atoms with Crippen molar-refractivity contribution in [1.29, 1.82) is 0 Å². The number of hydrogen-bond donors (Lipinski definition) is 1. The number of Topliss-reactive ketones (excluding diaryl/α,β-unsaturated/α-hetero) is 1. The van der Waals surface area contributed by atoms with Crippen molar-refractivity contribution in [2.24, 2.45) is 0 Å². The summed E-state index contributed by atoms with van der Waals surface area (Å²) in [6.45, 7) is 0. The van der Waals surface area contributed by atoms with Crippen LogP contribution < -0.4 is 0 Å². The van der Waals surface area contributed by atoms with Gasteiger partial charge in [-0.3, -0.25) is 4.79 Å². The maximum atomic E-state index is 11.4. The molecule has 0 saturated carbocycles. The van der Waals surface area contributed by atoms with Gasteiger partial charge in [-0.15, -0.1) is 0 Å². The number of halogens is 2. The fourth-order valence-corrected chi connectivity index (χ4v) is 1.78. The molecule has 0 unspecified atom stereocenters. The van der Waals surface area contributed by atoms with E-state index in [1.165, 1.54) is 12.1 Å². The van der Waals surface area contributed by atoms with Gasteiger partial charge in [0.25, 0.3) is 0 Å². The minimum Gasteiger partial charge on any atom is -0.508 e. The zero-order chi connectivity index (χ0) is 9.84. The van der Waals surface area contributed by atoms with Crippen LogP contribution in [0.2, 0.25) is 0 Å². The molecule has 0 spiro atoms. The monoisotopic (exact) mass is 306 g/mol. The molecule has 1 rings (SSSR count). The Morgan fingerprint density at radius 1 is 1.46 bits per heavy atom. The maximum absolute atomic E-state index is 11.4. The van der Waals surface area contributed by atoms with Crippen molar-refractivity contribution in [1.82, 2.24) is 0 Å². The molecule has 0 fully saturated rings. The van der Waals surface area contributed by atoms with E-state index in [9.17, 15) is 4.79 Å². The van der Waals surface area contributed by atoms with Crippen LogP contribution in [0.5, 0.6) is 5.75 Å². The van der Waals surface area contributed by atoms with Gasteiger partial charge in [-0.2, -0.15) is 0 Å². The van der Waals surface area contributed by atoms with E-state index in [1.54, 1.807) is 6.07 Å². The van der Waals surface area contributed by atoms with Gasteiger partial charge < -0.3 is 5.11 Å². The summed E-state index contributed by atoms with van der Waals surface area (Å²) in [4.78, 5) is 11.4. The Hall–Kier alpha value is -0.350. The zero-order valence-corrected chi connectivity index (χ0v) is 9.93. The van der Waals surface area contributed by atoms with Gasteiger partial charge >= 0.3 is 0 Å². The third-order valence-corrected chi connectivity index (χ3v) is 2.66. The number of rotatable bonds is 3. The first kappa shape index (κ1) is 10.7. The summed E-state index contributed by atoms with van der Waals surface area (Å²) in [5.41, 5.74) is 0.527. The maximum Gasteiger partial charge on any atom is 0.164 e. The van der Waals surface area contributed by atoms with Gasteiger partial charge in [0.05, 0.1) is 0 Å². The largest absolute Gasteiger partial charge is 0.508 e. The highest BCUT2D eigenvalue weighted by Gasteiger charge is 2.09. The highest BCUT2D eigenvalue weighted by molar-refractivity contribution is 9.10. The van der Waals surface area contributed by atoms with Gasteiger partial charge in [0.1, 0.15) is 5.75 Å². The van der Waals surface area contributed by atoms with Gasteiger partial charge in [0.2, 0.25) is 0 Å². The lowest BCUT2D eigenvalue weighted by Crippen LogP contribution is -2.00. The van der Waals surface area contributed by atoms with Crippen molar-refractivity contribution in [2.75, 3.05) is 5.33 Å². The van der Waals surface area contributed by atoms with Crippen LogP contribution in [0.15, 0.2) is 22.7 Å². The molecule has 4 heteroatoms. The van der Waals surface area contributed by atoms with Crippen LogP contribution >= 0.6 is 31.9 Å². The predicted molar refractivity (Wildman–Crippen MR) is 58.5 cm³/mol. The van der Waals surface area contributed by atoms with Gasteiger partial charge in [0, 0.05) is 21.8 Å². The van der Waals surface area contributed by atoms with E-state index < -0.39 is 0 Å². The standard InChI is InChI=1S/C9H8Br2O2/c10-4-3-9(13)7-5-6(12)1-2-8(7)11/h1-2,5,12H,3-4H2. The van der Waals surface area contributed by atoms with E-state index in [0.717, 1.165) is 4.47 Å². The van der Waals surface area contributed by atoms with E-state index in [-0.39, 0.29) is 11.5 Å². The van der Waals surface area contributed by atoms with Crippen molar-refractivity contribution < 1.29 is 9.90 Å². The van der Waals surface area contributed by atoms with Crippen LogP contribution in [-0.2, 0) is 0 Å². The Labute approximate surface area is 93.2 Å². The van der Waals surface area contributed by atoms with E-state index in [0.29, 0.717) is 17.3 Å². The second-order valence-corrected chi connectivity index (χ2v) is 4.17. The fraction of sp³-hybridized carbons (Fsp3) is 0.222. The first-order valence-corrected chi connectivity index (χ1v) is 5.64. The van der Waals surface area contributed by atoms with Gasteiger partial charge in [-0.25, -0.2) is 0 Å². The summed E-state index contributed by atoms with van der Waals surface area (Å²) in [5.74, 6) is 0.126. The molecule has 2 nitrogen and oxygen atoms in total. The number of benzene rings is 1. The SMILES string of the molecule is O=C(CCBr)c1cc(O)ccc1Br. The average molecular weight is 308 g/mol. The molecule has 1 aromatic carbocycles. The summed E-state index contributed by atoms with van der Waals surface area (Å²) in [7, 11) is 0. The number of phenolic OH excluding ortho intramolecular Hbond substituents is 1. The number of carbonyl (C=O) groups is 1. The lowest BCUT2D eigenvalue weighted by atomic mass is 10.1. The van der Waals surface area contributed by atoms with Gasteiger partial charge in [0.15, 0.2) is 5.78 Å². The van der Waals surface area contributed by atoms with E-state index in [4.69, 9.17) is 5.11 Å². The number of hydrogen-bond acceptors (Lipinski definition) is 2. The normalized spacial score (nSPS) is 10.0. The number of ketones is 1. The van der Waals surface area contributed by atoms with Crippen LogP contribution in [0, 0.1) is 0 Å². The van der Waals surface area contributed by atoms with Crippen LogP contribution in [-0.4, -0.2) is 16.2 Å². The Morgan fingerprint density at radius 3 is 2.77 bits per heavy atom. The first-order valence-electron chi connectivity index (χ1n) is 3.73.